The van der Waals surface area contributed by atoms with E-state index in [0.717, 1.165) is 23.0 Å². The molecule has 0 unspecified atom stereocenters. The van der Waals surface area contributed by atoms with Crippen molar-refractivity contribution in [2.24, 2.45) is 0 Å². The van der Waals surface area contributed by atoms with Gasteiger partial charge in [0, 0.05) is 42.5 Å². The van der Waals surface area contributed by atoms with Gasteiger partial charge >= 0.3 is 0 Å². The highest BCUT2D eigenvalue weighted by atomic mass is 32.2. The third kappa shape index (κ3) is 7.66. The van der Waals surface area contributed by atoms with Crippen LogP contribution in [0.5, 0.6) is 0 Å². The van der Waals surface area contributed by atoms with Gasteiger partial charge in [0.2, 0.25) is 0 Å². The Balaban J connectivity index is 1.44. The summed E-state index contributed by atoms with van der Waals surface area (Å²) in [6.45, 7) is 0. The van der Waals surface area contributed by atoms with E-state index in [-0.39, 0.29) is 0 Å². The average Bonchev–Trinajstić information content (AvgIpc) is 3.58. The highest BCUT2D eigenvalue weighted by molar-refractivity contribution is 8.22. The minimum atomic E-state index is 0.559. The molecule has 0 amide bonds. The Morgan fingerprint density at radius 2 is 0.733 bits per heavy atom. The maximum absolute atomic E-state index is 2.27. The van der Waals surface area contributed by atoms with Gasteiger partial charge in [0.15, 0.2) is 0 Å². The summed E-state index contributed by atoms with van der Waals surface area (Å²) in [5.74, 6) is 4.43. The van der Waals surface area contributed by atoms with Crippen LogP contribution in [0.25, 0.3) is 0 Å². The summed E-state index contributed by atoms with van der Waals surface area (Å²) in [4.78, 5) is 5.91. The third-order valence-electron chi connectivity index (χ3n) is 4.10. The monoisotopic (exact) mass is 542 g/mol. The first-order valence-corrected chi connectivity index (χ1v) is 17.1. The number of thioether (sulfide) groups is 4. The van der Waals surface area contributed by atoms with Crippen LogP contribution in [0, 0.1) is 0 Å². The highest BCUT2D eigenvalue weighted by Gasteiger charge is 2.25. The molecule has 4 aromatic rings. The van der Waals surface area contributed by atoms with Crippen molar-refractivity contribution >= 4 is 92.4 Å². The standard InChI is InChI=1S/C22H22S8/c1-5-17(23-9-1)13-27-21(28-14-18-6-2-10-24-18)22(29-15-19-7-3-11-25-19)30-16-20-8-4-12-26-20/h1-12,21-22H,13-16H2. The van der Waals surface area contributed by atoms with E-state index >= 15 is 0 Å². The van der Waals surface area contributed by atoms with E-state index < -0.39 is 0 Å². The zero-order chi connectivity index (χ0) is 20.4. The molecule has 8 heteroatoms. The summed E-state index contributed by atoms with van der Waals surface area (Å²) in [7, 11) is 0. The van der Waals surface area contributed by atoms with Crippen molar-refractivity contribution in [1.29, 1.82) is 0 Å². The molecule has 4 heterocycles. The smallest absolute Gasteiger partial charge is 0.0719 e. The zero-order valence-electron chi connectivity index (χ0n) is 16.2. The van der Waals surface area contributed by atoms with Crippen LogP contribution in [0.2, 0.25) is 0 Å². The molecule has 0 aliphatic heterocycles. The minimum absolute atomic E-state index is 0.559. The Morgan fingerprint density at radius 3 is 0.933 bits per heavy atom. The predicted molar refractivity (Wildman–Crippen MR) is 150 cm³/mol. The van der Waals surface area contributed by atoms with Gasteiger partial charge in [-0.1, -0.05) is 24.3 Å². The second-order valence-corrected chi connectivity index (χ2v) is 15.5. The fourth-order valence-corrected chi connectivity index (χ4v) is 12.3. The molecule has 0 nitrogen and oxygen atoms in total. The normalized spacial score (nSPS) is 11.7. The molecule has 0 N–H and O–H groups in total. The minimum Gasteiger partial charge on any atom is -0.148 e. The summed E-state index contributed by atoms with van der Waals surface area (Å²) in [5.41, 5.74) is 0. The predicted octanol–water partition coefficient (Wildman–Crippen LogP) is 9.62. The van der Waals surface area contributed by atoms with Gasteiger partial charge in [-0.2, -0.15) is 0 Å². The first-order valence-electron chi connectivity index (χ1n) is 9.43. The van der Waals surface area contributed by atoms with Crippen molar-refractivity contribution in [3.63, 3.8) is 0 Å². The van der Waals surface area contributed by atoms with Crippen LogP contribution in [0.3, 0.4) is 0 Å². The first-order chi connectivity index (χ1) is 14.9. The molecule has 0 saturated carbocycles. The Morgan fingerprint density at radius 1 is 0.467 bits per heavy atom. The van der Waals surface area contributed by atoms with Crippen molar-refractivity contribution in [1.82, 2.24) is 0 Å². The molecule has 158 valence electrons. The molecule has 0 bridgehead atoms. The van der Waals surface area contributed by atoms with Gasteiger partial charge < -0.3 is 0 Å². The highest BCUT2D eigenvalue weighted by Crippen LogP contribution is 2.45. The maximum atomic E-state index is 2.27. The summed E-state index contributed by atoms with van der Waals surface area (Å²) < 4.78 is 1.12. The molecule has 0 saturated heterocycles. The molecule has 30 heavy (non-hydrogen) atoms. The van der Waals surface area contributed by atoms with Gasteiger partial charge in [-0.3, -0.25) is 0 Å². The zero-order valence-corrected chi connectivity index (χ0v) is 22.7. The van der Waals surface area contributed by atoms with Crippen molar-refractivity contribution in [2.45, 2.75) is 32.2 Å². The van der Waals surface area contributed by atoms with E-state index in [0.29, 0.717) is 9.16 Å². The molecule has 4 rings (SSSR count). The van der Waals surface area contributed by atoms with E-state index in [4.69, 9.17) is 0 Å². The summed E-state index contributed by atoms with van der Waals surface area (Å²) in [6, 6.07) is 17.8. The number of thiophene rings is 4. The summed E-state index contributed by atoms with van der Waals surface area (Å²) in [6.07, 6.45) is 0. The van der Waals surface area contributed by atoms with Crippen LogP contribution in [0.4, 0.5) is 0 Å². The van der Waals surface area contributed by atoms with Gasteiger partial charge in [-0.05, 0) is 45.8 Å². The first kappa shape index (κ1) is 23.4. The summed E-state index contributed by atoms with van der Waals surface area (Å²) in [5, 5.41) is 8.77. The number of rotatable bonds is 13. The van der Waals surface area contributed by atoms with Gasteiger partial charge in [0.25, 0.3) is 0 Å². The number of hydrogen-bond acceptors (Lipinski definition) is 8. The molecule has 0 radical (unpaired) electrons. The molecular formula is C22H22S8. The van der Waals surface area contributed by atoms with Crippen molar-refractivity contribution in [2.75, 3.05) is 0 Å². The third-order valence-corrected chi connectivity index (χ3v) is 15.0. The molecule has 0 aromatic carbocycles. The lowest BCUT2D eigenvalue weighted by molar-refractivity contribution is 1.30. The van der Waals surface area contributed by atoms with E-state index in [2.05, 4.69) is 117 Å². The van der Waals surface area contributed by atoms with Crippen LogP contribution in [0.1, 0.15) is 19.5 Å². The van der Waals surface area contributed by atoms with Gasteiger partial charge in [0.05, 0.1) is 9.16 Å². The molecule has 0 aliphatic carbocycles. The Hall–Kier alpha value is 0.200. The average molecular weight is 543 g/mol. The molecular weight excluding hydrogens is 521 g/mol. The molecule has 0 aliphatic rings. The maximum Gasteiger partial charge on any atom is 0.0719 e. The van der Waals surface area contributed by atoms with E-state index in [9.17, 15) is 0 Å². The lowest BCUT2D eigenvalue weighted by Gasteiger charge is -2.25. The van der Waals surface area contributed by atoms with E-state index in [1.807, 2.05) is 45.3 Å². The van der Waals surface area contributed by atoms with Crippen LogP contribution >= 0.6 is 92.4 Å². The second kappa shape index (κ2) is 13.0. The lowest BCUT2D eigenvalue weighted by Crippen LogP contribution is -2.14. The lowest BCUT2D eigenvalue weighted by atomic mass is 10.5. The quantitative estimate of drug-likeness (QED) is 0.154. The van der Waals surface area contributed by atoms with E-state index in [1.165, 1.54) is 19.5 Å². The molecule has 4 aromatic heterocycles. The SMILES string of the molecule is c1csc(CSC(SCc2cccs2)C(SCc2cccs2)SCc2cccs2)c1. The largest absolute Gasteiger partial charge is 0.148 e. The van der Waals surface area contributed by atoms with Crippen LogP contribution < -0.4 is 0 Å². The van der Waals surface area contributed by atoms with Crippen LogP contribution in [0.15, 0.2) is 70.1 Å². The second-order valence-electron chi connectivity index (χ2n) is 6.30. The summed E-state index contributed by atoms with van der Waals surface area (Å²) >= 11 is 16.0. The van der Waals surface area contributed by atoms with Crippen LogP contribution in [-0.4, -0.2) is 9.16 Å². The van der Waals surface area contributed by atoms with E-state index in [1.54, 1.807) is 0 Å². The van der Waals surface area contributed by atoms with Gasteiger partial charge in [-0.15, -0.1) is 92.4 Å². The molecule has 0 fully saturated rings. The van der Waals surface area contributed by atoms with Crippen molar-refractivity contribution in [3.05, 3.63) is 89.6 Å². The fourth-order valence-electron chi connectivity index (χ4n) is 2.65. The fraction of sp³-hybridized carbons (Fsp3) is 0.273. The Labute approximate surface area is 212 Å². The van der Waals surface area contributed by atoms with Gasteiger partial charge in [0.1, 0.15) is 0 Å². The Kier molecular flexibility index (Phi) is 10.2. The topological polar surface area (TPSA) is 0 Å². The molecule has 0 spiro atoms. The van der Waals surface area contributed by atoms with Crippen LogP contribution in [-0.2, 0) is 23.0 Å². The van der Waals surface area contributed by atoms with Crippen molar-refractivity contribution < 1.29 is 0 Å². The van der Waals surface area contributed by atoms with Gasteiger partial charge in [-0.25, -0.2) is 0 Å². The number of hydrogen-bond donors (Lipinski definition) is 0. The van der Waals surface area contributed by atoms with Crippen molar-refractivity contribution in [3.8, 4) is 0 Å². The molecule has 0 atom stereocenters. The Bertz CT molecular complexity index is 755.